The molecule has 4 N–H and O–H groups in total. The van der Waals surface area contributed by atoms with Crippen LogP contribution in [0.1, 0.15) is 20.3 Å². The molecule has 2 atom stereocenters. The Morgan fingerprint density at radius 3 is 2.55 bits per heavy atom. The van der Waals surface area contributed by atoms with Crippen molar-refractivity contribution >= 4 is 42.3 Å². The molecular weight excluding hydrogens is 429 g/mol. The number of halogens is 4. The van der Waals surface area contributed by atoms with E-state index in [-0.39, 0.29) is 60.9 Å². The first-order valence-electron chi connectivity index (χ1n) is 8.89. The number of para-hydroxylation sites is 2. The minimum absolute atomic E-state index is 0. The number of anilines is 1. The fraction of sp³-hybridized carbons (Fsp3) is 0.556. The normalized spacial score (nSPS) is 16.7. The van der Waals surface area contributed by atoms with Crippen LogP contribution in [0.25, 0.3) is 0 Å². The summed E-state index contributed by atoms with van der Waals surface area (Å²) < 4.78 is 29.7. The summed E-state index contributed by atoms with van der Waals surface area (Å²) in [5, 5.41) is 5.36. The standard InChI is InChI=1S/C18H26F2N4O3.2ClH/c1-11(2)16(21)17(26)22-9-15(25)23-12-7-8-24(10-12)13-5-3-4-6-14(13)27-18(19)20;;/h3-6,11-12,16,18H,7-10,21H2,1-2H3,(H,22,26)(H,23,25);2*1H/t12?,16-;;/m0../s1. The van der Waals surface area contributed by atoms with Gasteiger partial charge >= 0.3 is 6.61 Å². The minimum atomic E-state index is -2.90. The van der Waals surface area contributed by atoms with Crippen molar-refractivity contribution in [2.45, 2.75) is 39.0 Å². The molecule has 1 aliphatic rings. The zero-order valence-electron chi connectivity index (χ0n) is 16.3. The molecule has 1 aromatic rings. The quantitative estimate of drug-likeness (QED) is 0.555. The number of rotatable bonds is 8. The van der Waals surface area contributed by atoms with Crippen LogP contribution in [-0.2, 0) is 9.59 Å². The van der Waals surface area contributed by atoms with E-state index in [1.807, 2.05) is 18.7 Å². The lowest BCUT2D eigenvalue weighted by Gasteiger charge is -2.22. The van der Waals surface area contributed by atoms with Crippen LogP contribution < -0.4 is 26.0 Å². The van der Waals surface area contributed by atoms with Crippen molar-refractivity contribution in [2.24, 2.45) is 11.7 Å². The fourth-order valence-corrected chi connectivity index (χ4v) is 2.88. The molecule has 29 heavy (non-hydrogen) atoms. The lowest BCUT2D eigenvalue weighted by Crippen LogP contribution is -2.48. The van der Waals surface area contributed by atoms with Crippen molar-refractivity contribution in [2.75, 3.05) is 24.5 Å². The Morgan fingerprint density at radius 1 is 1.28 bits per heavy atom. The second-order valence-electron chi connectivity index (χ2n) is 6.83. The van der Waals surface area contributed by atoms with Gasteiger partial charge in [-0.15, -0.1) is 24.8 Å². The van der Waals surface area contributed by atoms with Gasteiger partial charge in [0.05, 0.1) is 18.3 Å². The van der Waals surface area contributed by atoms with Gasteiger partial charge in [-0.05, 0) is 24.5 Å². The van der Waals surface area contributed by atoms with Gasteiger partial charge < -0.3 is 26.0 Å². The first-order chi connectivity index (χ1) is 12.8. The molecule has 1 aromatic carbocycles. The van der Waals surface area contributed by atoms with Crippen LogP contribution in [0, 0.1) is 5.92 Å². The van der Waals surface area contributed by atoms with Crippen LogP contribution in [0.2, 0.25) is 0 Å². The molecule has 166 valence electrons. The molecule has 1 unspecified atom stereocenters. The fourth-order valence-electron chi connectivity index (χ4n) is 2.88. The summed E-state index contributed by atoms with van der Waals surface area (Å²) in [4.78, 5) is 25.7. The zero-order chi connectivity index (χ0) is 20.0. The van der Waals surface area contributed by atoms with Crippen molar-refractivity contribution in [3.63, 3.8) is 0 Å². The van der Waals surface area contributed by atoms with Gasteiger partial charge in [0.1, 0.15) is 5.75 Å². The molecule has 0 spiro atoms. The summed E-state index contributed by atoms with van der Waals surface area (Å²) in [6.07, 6.45) is 0.661. The van der Waals surface area contributed by atoms with Gasteiger partial charge in [-0.25, -0.2) is 0 Å². The Labute approximate surface area is 181 Å². The predicted molar refractivity (Wildman–Crippen MR) is 112 cm³/mol. The Hall–Kier alpha value is -1.84. The third kappa shape index (κ3) is 8.20. The average Bonchev–Trinajstić information content (AvgIpc) is 3.07. The van der Waals surface area contributed by atoms with Crippen molar-refractivity contribution in [3.05, 3.63) is 24.3 Å². The third-order valence-corrected chi connectivity index (χ3v) is 4.42. The lowest BCUT2D eigenvalue weighted by molar-refractivity contribution is -0.127. The van der Waals surface area contributed by atoms with E-state index in [9.17, 15) is 18.4 Å². The Morgan fingerprint density at radius 2 is 1.93 bits per heavy atom. The molecule has 11 heteroatoms. The molecule has 0 aromatic heterocycles. The van der Waals surface area contributed by atoms with E-state index in [0.29, 0.717) is 25.2 Å². The zero-order valence-corrected chi connectivity index (χ0v) is 17.9. The van der Waals surface area contributed by atoms with Gasteiger partial charge in [0, 0.05) is 19.1 Å². The van der Waals surface area contributed by atoms with Gasteiger partial charge in [-0.3, -0.25) is 9.59 Å². The number of amides is 2. The van der Waals surface area contributed by atoms with Crippen LogP contribution in [0.4, 0.5) is 14.5 Å². The van der Waals surface area contributed by atoms with Gasteiger partial charge in [0.2, 0.25) is 11.8 Å². The monoisotopic (exact) mass is 456 g/mol. The van der Waals surface area contributed by atoms with Crippen LogP contribution in [0.5, 0.6) is 5.75 Å². The summed E-state index contributed by atoms with van der Waals surface area (Å²) in [7, 11) is 0. The first-order valence-corrected chi connectivity index (χ1v) is 8.89. The highest BCUT2D eigenvalue weighted by Gasteiger charge is 2.26. The Balaban J connectivity index is 0.00000392. The SMILES string of the molecule is CC(C)[C@H](N)C(=O)NCC(=O)NC1CCN(c2ccccc2OC(F)F)C1.Cl.Cl. The Bertz CT molecular complexity index is 668. The van der Waals surface area contributed by atoms with Crippen LogP contribution >= 0.6 is 24.8 Å². The lowest BCUT2D eigenvalue weighted by atomic mass is 10.1. The van der Waals surface area contributed by atoms with Crippen LogP contribution in [0.15, 0.2) is 24.3 Å². The summed E-state index contributed by atoms with van der Waals surface area (Å²) >= 11 is 0. The minimum Gasteiger partial charge on any atom is -0.433 e. The smallest absolute Gasteiger partial charge is 0.387 e. The van der Waals surface area contributed by atoms with E-state index >= 15 is 0 Å². The molecule has 1 fully saturated rings. The van der Waals surface area contributed by atoms with E-state index in [1.54, 1.807) is 18.2 Å². The number of alkyl halides is 2. The van der Waals surface area contributed by atoms with Gasteiger partial charge in [-0.2, -0.15) is 8.78 Å². The molecule has 0 saturated carbocycles. The highest BCUT2D eigenvalue weighted by atomic mass is 35.5. The highest BCUT2D eigenvalue weighted by Crippen LogP contribution is 2.31. The van der Waals surface area contributed by atoms with Gasteiger partial charge in [0.15, 0.2) is 0 Å². The van der Waals surface area contributed by atoms with E-state index in [1.165, 1.54) is 6.07 Å². The number of carbonyl (C=O) groups excluding carboxylic acids is 2. The Kier molecular flexibility index (Phi) is 11.9. The van der Waals surface area contributed by atoms with Gasteiger partial charge in [-0.1, -0.05) is 26.0 Å². The van der Waals surface area contributed by atoms with E-state index < -0.39 is 12.7 Å². The number of benzene rings is 1. The molecular formula is C18H28Cl2F2N4O3. The van der Waals surface area contributed by atoms with Crippen LogP contribution in [-0.4, -0.2) is 50.1 Å². The van der Waals surface area contributed by atoms with Crippen molar-refractivity contribution in [3.8, 4) is 5.75 Å². The molecule has 2 amide bonds. The molecule has 1 saturated heterocycles. The largest absolute Gasteiger partial charge is 0.433 e. The summed E-state index contributed by atoms with van der Waals surface area (Å²) in [5.74, 6) is -0.601. The van der Waals surface area contributed by atoms with E-state index in [2.05, 4.69) is 15.4 Å². The predicted octanol–water partition coefficient (Wildman–Crippen LogP) is 1.93. The average molecular weight is 457 g/mol. The number of ether oxygens (including phenoxy) is 1. The number of nitrogens with zero attached hydrogens (tertiary/aromatic N) is 1. The molecule has 0 bridgehead atoms. The second kappa shape index (κ2) is 12.7. The van der Waals surface area contributed by atoms with E-state index in [0.717, 1.165) is 0 Å². The van der Waals surface area contributed by atoms with Crippen molar-refractivity contribution in [1.82, 2.24) is 10.6 Å². The molecule has 2 rings (SSSR count). The topological polar surface area (TPSA) is 96.7 Å². The highest BCUT2D eigenvalue weighted by molar-refractivity contribution is 5.87. The number of nitrogens with two attached hydrogens (primary N) is 1. The maximum absolute atomic E-state index is 12.6. The van der Waals surface area contributed by atoms with Crippen molar-refractivity contribution < 1.29 is 23.1 Å². The number of hydrogen-bond donors (Lipinski definition) is 3. The third-order valence-electron chi connectivity index (χ3n) is 4.42. The molecule has 7 nitrogen and oxygen atoms in total. The van der Waals surface area contributed by atoms with E-state index in [4.69, 9.17) is 5.73 Å². The molecule has 0 aliphatic carbocycles. The van der Waals surface area contributed by atoms with Crippen LogP contribution in [0.3, 0.4) is 0 Å². The molecule has 1 heterocycles. The van der Waals surface area contributed by atoms with Crippen molar-refractivity contribution in [1.29, 1.82) is 0 Å². The number of carbonyl (C=O) groups is 2. The number of nitrogens with one attached hydrogen (secondary N) is 2. The van der Waals surface area contributed by atoms with Gasteiger partial charge in [0.25, 0.3) is 0 Å². The first kappa shape index (κ1) is 27.2. The maximum atomic E-state index is 12.6. The number of hydrogen-bond acceptors (Lipinski definition) is 5. The molecule has 0 radical (unpaired) electrons. The second-order valence-corrected chi connectivity index (χ2v) is 6.83. The summed E-state index contributed by atoms with van der Waals surface area (Å²) in [6, 6.07) is 5.75. The molecule has 1 aliphatic heterocycles. The maximum Gasteiger partial charge on any atom is 0.387 e. The summed E-state index contributed by atoms with van der Waals surface area (Å²) in [6.45, 7) is 1.67. The summed E-state index contributed by atoms with van der Waals surface area (Å²) in [5.41, 5.74) is 6.29.